The molecular formula is C12H22N2O. The van der Waals surface area contributed by atoms with Crippen LogP contribution in [-0.4, -0.2) is 22.3 Å². The van der Waals surface area contributed by atoms with Crippen molar-refractivity contribution in [3.05, 3.63) is 24.0 Å². The summed E-state index contributed by atoms with van der Waals surface area (Å²) in [6.45, 7) is 6.51. The van der Waals surface area contributed by atoms with Gasteiger partial charge in [-0.2, -0.15) is 0 Å². The number of aromatic nitrogens is 1. The van der Waals surface area contributed by atoms with Gasteiger partial charge in [-0.25, -0.2) is 0 Å². The lowest BCUT2D eigenvalue weighted by molar-refractivity contribution is 0.268. The summed E-state index contributed by atoms with van der Waals surface area (Å²) in [4.78, 5) is 0. The number of hydrogen-bond acceptors (Lipinski definition) is 2. The van der Waals surface area contributed by atoms with Crippen LogP contribution in [0.15, 0.2) is 18.5 Å². The molecule has 1 unspecified atom stereocenters. The van der Waals surface area contributed by atoms with E-state index in [0.717, 1.165) is 19.5 Å². The first kappa shape index (κ1) is 12.3. The number of nitrogens with one attached hydrogen (secondary N) is 1. The predicted octanol–water partition coefficient (Wildman–Crippen LogP) is 1.76. The van der Waals surface area contributed by atoms with Crippen molar-refractivity contribution < 1.29 is 5.11 Å². The number of aliphatic hydroxyl groups excluding tert-OH is 1. The lowest BCUT2D eigenvalue weighted by Crippen LogP contribution is -2.26. The molecule has 3 nitrogen and oxygen atoms in total. The molecule has 0 aliphatic rings. The number of nitrogens with zero attached hydrogens (tertiary/aromatic N) is 1. The molecule has 0 spiro atoms. The maximum Gasteiger partial charge on any atom is 0.0445 e. The smallest absolute Gasteiger partial charge is 0.0445 e. The van der Waals surface area contributed by atoms with Gasteiger partial charge in [0, 0.05) is 38.1 Å². The Kier molecular flexibility index (Phi) is 5.43. The van der Waals surface area contributed by atoms with Crippen LogP contribution in [0, 0.1) is 0 Å². The highest BCUT2D eigenvalue weighted by molar-refractivity contribution is 5.09. The van der Waals surface area contributed by atoms with Gasteiger partial charge in [-0.05, 0) is 31.4 Å². The average molecular weight is 210 g/mol. The maximum absolute atomic E-state index is 8.76. The maximum atomic E-state index is 8.76. The first-order chi connectivity index (χ1) is 7.26. The van der Waals surface area contributed by atoms with Gasteiger partial charge in [0.05, 0.1) is 0 Å². The van der Waals surface area contributed by atoms with Crippen LogP contribution in [0.2, 0.25) is 0 Å². The minimum atomic E-state index is 0.255. The topological polar surface area (TPSA) is 37.2 Å². The van der Waals surface area contributed by atoms with Gasteiger partial charge in [0.2, 0.25) is 0 Å². The largest absolute Gasteiger partial charge is 0.396 e. The van der Waals surface area contributed by atoms with E-state index in [4.69, 9.17) is 5.11 Å². The molecule has 1 aromatic heterocycles. The van der Waals surface area contributed by atoms with E-state index in [-0.39, 0.29) is 6.61 Å². The molecule has 1 rings (SSSR count). The van der Waals surface area contributed by atoms with Crippen molar-refractivity contribution in [2.24, 2.45) is 0 Å². The SMILES string of the molecule is CCCn1ccc(CNC(C)CCO)c1. The van der Waals surface area contributed by atoms with Crippen LogP contribution < -0.4 is 5.32 Å². The first-order valence-corrected chi connectivity index (χ1v) is 5.75. The van der Waals surface area contributed by atoms with E-state index in [2.05, 4.69) is 42.2 Å². The van der Waals surface area contributed by atoms with Gasteiger partial charge in [0.1, 0.15) is 0 Å². The fraction of sp³-hybridized carbons (Fsp3) is 0.667. The summed E-state index contributed by atoms with van der Waals surface area (Å²) >= 11 is 0. The number of hydrogen-bond donors (Lipinski definition) is 2. The normalized spacial score (nSPS) is 13.0. The standard InChI is InChI=1S/C12H22N2O/c1-3-6-14-7-4-12(10-14)9-13-11(2)5-8-15/h4,7,10-11,13,15H,3,5-6,8-9H2,1-2H3. The van der Waals surface area contributed by atoms with Crippen LogP contribution in [-0.2, 0) is 13.1 Å². The molecule has 1 aromatic rings. The Morgan fingerprint density at radius 1 is 1.53 bits per heavy atom. The zero-order valence-electron chi connectivity index (χ0n) is 9.74. The van der Waals surface area contributed by atoms with Crippen molar-refractivity contribution in [3.63, 3.8) is 0 Å². The summed E-state index contributed by atoms with van der Waals surface area (Å²) in [7, 11) is 0. The molecular weight excluding hydrogens is 188 g/mol. The van der Waals surface area contributed by atoms with E-state index in [0.29, 0.717) is 6.04 Å². The molecule has 0 aromatic carbocycles. The van der Waals surface area contributed by atoms with Crippen LogP contribution in [0.1, 0.15) is 32.3 Å². The third-order valence-electron chi connectivity index (χ3n) is 2.51. The molecule has 3 heteroatoms. The van der Waals surface area contributed by atoms with E-state index < -0.39 is 0 Å². The number of aliphatic hydroxyl groups is 1. The van der Waals surface area contributed by atoms with Gasteiger partial charge in [-0.3, -0.25) is 0 Å². The second-order valence-corrected chi connectivity index (χ2v) is 4.05. The van der Waals surface area contributed by atoms with Crippen molar-refractivity contribution in [3.8, 4) is 0 Å². The second-order valence-electron chi connectivity index (χ2n) is 4.05. The minimum Gasteiger partial charge on any atom is -0.396 e. The van der Waals surface area contributed by atoms with Crippen LogP contribution in [0.4, 0.5) is 0 Å². The molecule has 0 fully saturated rings. The fourth-order valence-corrected chi connectivity index (χ4v) is 1.58. The molecule has 2 N–H and O–H groups in total. The van der Waals surface area contributed by atoms with Crippen LogP contribution in [0.3, 0.4) is 0 Å². The summed E-state index contributed by atoms with van der Waals surface area (Å²) in [5.41, 5.74) is 1.31. The third-order valence-corrected chi connectivity index (χ3v) is 2.51. The van der Waals surface area contributed by atoms with Crippen molar-refractivity contribution >= 4 is 0 Å². The predicted molar refractivity (Wildman–Crippen MR) is 62.7 cm³/mol. The first-order valence-electron chi connectivity index (χ1n) is 5.75. The molecule has 86 valence electrons. The van der Waals surface area contributed by atoms with Crippen LogP contribution in [0.5, 0.6) is 0 Å². The summed E-state index contributed by atoms with van der Waals surface area (Å²) < 4.78 is 2.22. The Morgan fingerprint density at radius 3 is 3.00 bits per heavy atom. The Balaban J connectivity index is 2.30. The molecule has 1 atom stereocenters. The van der Waals surface area contributed by atoms with E-state index in [1.165, 1.54) is 12.0 Å². The third kappa shape index (κ3) is 4.49. The monoisotopic (exact) mass is 210 g/mol. The lowest BCUT2D eigenvalue weighted by atomic mass is 10.2. The molecule has 15 heavy (non-hydrogen) atoms. The molecule has 0 aliphatic carbocycles. The zero-order valence-corrected chi connectivity index (χ0v) is 9.74. The summed E-state index contributed by atoms with van der Waals surface area (Å²) in [6.07, 6.45) is 6.29. The molecule has 0 aliphatic heterocycles. The highest BCUT2D eigenvalue weighted by atomic mass is 16.3. The molecule has 0 bridgehead atoms. The molecule has 0 saturated heterocycles. The number of aryl methyl sites for hydroxylation is 1. The molecule has 1 heterocycles. The Hall–Kier alpha value is -0.800. The van der Waals surface area contributed by atoms with Gasteiger partial charge in [0.25, 0.3) is 0 Å². The van der Waals surface area contributed by atoms with Crippen LogP contribution in [0.25, 0.3) is 0 Å². The highest BCUT2D eigenvalue weighted by Gasteiger charge is 2.01. The Morgan fingerprint density at radius 2 is 2.33 bits per heavy atom. The van der Waals surface area contributed by atoms with Crippen molar-refractivity contribution in [2.45, 2.75) is 45.8 Å². The highest BCUT2D eigenvalue weighted by Crippen LogP contribution is 2.03. The Labute approximate surface area is 92.1 Å². The summed E-state index contributed by atoms with van der Waals surface area (Å²) in [6, 6.07) is 2.53. The van der Waals surface area contributed by atoms with Gasteiger partial charge in [0.15, 0.2) is 0 Å². The van der Waals surface area contributed by atoms with Crippen LogP contribution >= 0.6 is 0 Å². The average Bonchev–Trinajstić information content (AvgIpc) is 2.64. The lowest BCUT2D eigenvalue weighted by Gasteiger charge is -2.10. The zero-order chi connectivity index (χ0) is 11.1. The Bertz CT molecular complexity index is 270. The quantitative estimate of drug-likeness (QED) is 0.719. The van der Waals surface area contributed by atoms with E-state index in [1.54, 1.807) is 0 Å². The number of rotatable bonds is 7. The van der Waals surface area contributed by atoms with Gasteiger partial charge >= 0.3 is 0 Å². The molecule has 0 radical (unpaired) electrons. The van der Waals surface area contributed by atoms with Gasteiger partial charge < -0.3 is 15.0 Å². The van der Waals surface area contributed by atoms with E-state index in [9.17, 15) is 0 Å². The van der Waals surface area contributed by atoms with E-state index in [1.807, 2.05) is 0 Å². The minimum absolute atomic E-state index is 0.255. The van der Waals surface area contributed by atoms with Crippen molar-refractivity contribution in [1.29, 1.82) is 0 Å². The second kappa shape index (κ2) is 6.64. The van der Waals surface area contributed by atoms with Crippen molar-refractivity contribution in [1.82, 2.24) is 9.88 Å². The van der Waals surface area contributed by atoms with E-state index >= 15 is 0 Å². The summed E-state index contributed by atoms with van der Waals surface area (Å²) in [5.74, 6) is 0. The van der Waals surface area contributed by atoms with Crippen molar-refractivity contribution in [2.75, 3.05) is 6.61 Å². The molecule has 0 saturated carbocycles. The van der Waals surface area contributed by atoms with Gasteiger partial charge in [-0.1, -0.05) is 6.92 Å². The fourth-order valence-electron chi connectivity index (χ4n) is 1.58. The van der Waals surface area contributed by atoms with Gasteiger partial charge in [-0.15, -0.1) is 0 Å². The summed E-state index contributed by atoms with van der Waals surface area (Å²) in [5, 5.41) is 12.1. The molecule has 0 amide bonds.